The first-order valence-corrected chi connectivity index (χ1v) is 8.35. The van der Waals surface area contributed by atoms with Crippen molar-refractivity contribution in [2.75, 3.05) is 26.5 Å². The number of fused-ring (bicyclic) bond motifs is 2. The Labute approximate surface area is 178 Å². The first-order valence-electron chi connectivity index (χ1n) is 15.1. The number of hydrogen-bond acceptors (Lipinski definition) is 2. The summed E-state index contributed by atoms with van der Waals surface area (Å²) in [6.45, 7) is -18.4. The molecule has 2 aliphatic rings. The molecule has 1 aliphatic heterocycles. The molecule has 2 heterocycles. The molecule has 1 aliphatic carbocycles. The molecule has 1 aromatic heterocycles. The van der Waals surface area contributed by atoms with Gasteiger partial charge in [-0.1, -0.05) is 18.2 Å². The molecule has 2 aromatic rings. The predicted octanol–water partition coefficient (Wildman–Crippen LogP) is 3.67. The summed E-state index contributed by atoms with van der Waals surface area (Å²) in [5.41, 5.74) is 1.47. The highest BCUT2D eigenvalue weighted by molar-refractivity contribution is 9.10. The molecule has 5 heteroatoms. The van der Waals surface area contributed by atoms with Gasteiger partial charge in [0.05, 0.1) is 13.3 Å². The van der Waals surface area contributed by atoms with Gasteiger partial charge >= 0.3 is 0 Å². The van der Waals surface area contributed by atoms with Crippen LogP contribution in [0.25, 0.3) is 16.5 Å². The Morgan fingerprint density at radius 2 is 2.40 bits per heavy atom. The van der Waals surface area contributed by atoms with Crippen LogP contribution in [0.2, 0.25) is 0 Å². The Morgan fingerprint density at radius 1 is 1.56 bits per heavy atom. The number of carbonyl (C=O) groups excluding carboxylic acids is 1. The zero-order valence-corrected chi connectivity index (χ0v) is 14.5. The first kappa shape index (κ1) is 6.86. The molecule has 1 aromatic carbocycles. The minimum absolute atomic E-state index is 0.103. The van der Waals surface area contributed by atoms with Crippen LogP contribution in [0.4, 0.5) is 0 Å². The molecule has 1 amide bonds. The van der Waals surface area contributed by atoms with Gasteiger partial charge in [0.15, 0.2) is 0 Å². The number of hydrogen-bond donors (Lipinski definition) is 1. The molecular weight excluding hydrogens is 378 g/mol. The van der Waals surface area contributed by atoms with Crippen molar-refractivity contribution in [3.8, 4) is 0 Å². The molecule has 4 nitrogen and oxygen atoms in total. The summed E-state index contributed by atoms with van der Waals surface area (Å²) in [6.07, 6.45) is 1.36. The van der Waals surface area contributed by atoms with Crippen molar-refractivity contribution in [1.29, 1.82) is 0 Å². The largest absolute Gasteiger partial charge is 0.349 e. The van der Waals surface area contributed by atoms with E-state index in [1.165, 1.54) is 12.1 Å². The maximum Gasteiger partial charge on any atom is 0.230 e. The van der Waals surface area contributed by atoms with E-state index in [4.69, 9.17) is 20.6 Å². The molecule has 0 saturated carbocycles. The van der Waals surface area contributed by atoms with Crippen molar-refractivity contribution >= 4 is 38.3 Å². The van der Waals surface area contributed by atoms with Gasteiger partial charge < -0.3 is 9.88 Å². The van der Waals surface area contributed by atoms with Crippen molar-refractivity contribution in [3.05, 3.63) is 40.0 Å². The van der Waals surface area contributed by atoms with Crippen LogP contribution >= 0.6 is 15.9 Å². The predicted molar refractivity (Wildman–Crippen MR) is 106 cm³/mol. The van der Waals surface area contributed by atoms with Crippen molar-refractivity contribution in [3.63, 3.8) is 0 Å². The highest BCUT2D eigenvalue weighted by atomic mass is 79.9. The van der Waals surface area contributed by atoms with Crippen molar-refractivity contribution < 1.29 is 25.4 Å². The summed E-state index contributed by atoms with van der Waals surface area (Å²) in [6, 6.07) is 0.113. The summed E-state index contributed by atoms with van der Waals surface area (Å²) < 4.78 is 120. The zero-order valence-electron chi connectivity index (χ0n) is 27.9. The number of H-pyrrole nitrogens is 1. The number of carbonyl (C=O) groups is 1. The van der Waals surface area contributed by atoms with Crippen molar-refractivity contribution in [2.24, 2.45) is 5.92 Å². The highest BCUT2D eigenvalue weighted by Crippen LogP contribution is 2.43. The molecule has 2 atom stereocenters. The molecule has 0 spiro atoms. The fourth-order valence-corrected chi connectivity index (χ4v) is 4.15. The number of nitrogens with one attached hydrogen (secondary N) is 1. The van der Waals surface area contributed by atoms with Crippen LogP contribution in [0.15, 0.2) is 28.8 Å². The molecular formula is C20H24BrN3O. The van der Waals surface area contributed by atoms with Gasteiger partial charge in [-0.25, -0.2) is 0 Å². The van der Waals surface area contributed by atoms with E-state index in [-0.39, 0.29) is 29.6 Å². The van der Waals surface area contributed by atoms with E-state index in [1.54, 1.807) is 0 Å². The van der Waals surface area contributed by atoms with Gasteiger partial charge in [0.2, 0.25) is 5.91 Å². The fourth-order valence-electron chi connectivity index (χ4n) is 3.59. The molecule has 0 saturated heterocycles. The lowest BCUT2D eigenvalue weighted by Crippen LogP contribution is -2.47. The monoisotopic (exact) mass is 416 g/mol. The summed E-state index contributed by atoms with van der Waals surface area (Å²) in [7, 11) is 0. The van der Waals surface area contributed by atoms with Crippen LogP contribution in [0, 0.1) is 5.92 Å². The number of amides is 1. The first-order chi connectivity index (χ1) is 17.9. The highest BCUT2D eigenvalue weighted by Gasteiger charge is 2.37. The third-order valence-corrected chi connectivity index (χ3v) is 5.39. The normalized spacial score (nSPS) is 34.1. The maximum absolute atomic E-state index is 13.9. The average molecular weight is 417 g/mol. The second-order valence-corrected chi connectivity index (χ2v) is 6.79. The van der Waals surface area contributed by atoms with Crippen LogP contribution in [0.5, 0.6) is 0 Å². The molecule has 0 radical (unpaired) electrons. The topological polar surface area (TPSA) is 39.3 Å². The van der Waals surface area contributed by atoms with E-state index >= 15 is 0 Å². The number of halogens is 1. The Kier molecular flexibility index (Phi) is 1.73. The van der Waals surface area contributed by atoms with Gasteiger partial charge in [-0.2, -0.15) is 0 Å². The molecule has 1 N–H and O–H groups in total. The van der Waals surface area contributed by atoms with Crippen LogP contribution in [-0.4, -0.2) is 53.2 Å². The van der Waals surface area contributed by atoms with Crippen LogP contribution in [-0.2, 0) is 11.2 Å². The third kappa shape index (κ3) is 2.56. The van der Waals surface area contributed by atoms with Gasteiger partial charge in [-0.3, -0.25) is 9.69 Å². The number of aromatic nitrogens is 1. The van der Waals surface area contributed by atoms with Crippen LogP contribution in [0.3, 0.4) is 0 Å². The minimum Gasteiger partial charge on any atom is -0.349 e. The zero-order chi connectivity index (χ0) is 30.5. The third-order valence-electron chi connectivity index (χ3n) is 4.71. The molecule has 25 heavy (non-hydrogen) atoms. The van der Waals surface area contributed by atoms with Gasteiger partial charge in [0.1, 0.15) is 0 Å². The smallest absolute Gasteiger partial charge is 0.230 e. The van der Waals surface area contributed by atoms with E-state index in [0.29, 0.717) is 21.1 Å². The lowest BCUT2D eigenvalue weighted by molar-refractivity contribution is -0.134. The summed E-state index contributed by atoms with van der Waals surface area (Å²) in [4.78, 5) is 17.4. The minimum atomic E-state index is -3.79. The number of nitrogens with zero attached hydrogens (tertiary/aromatic N) is 2. The van der Waals surface area contributed by atoms with Crippen LogP contribution < -0.4 is 0 Å². The van der Waals surface area contributed by atoms with Crippen LogP contribution in [0.1, 0.15) is 45.4 Å². The second kappa shape index (κ2) is 6.29. The molecule has 0 unspecified atom stereocenters. The van der Waals surface area contributed by atoms with Gasteiger partial charge in [0.25, 0.3) is 0 Å². The Balaban J connectivity index is 1.97. The number of rotatable bonds is 3. The van der Waals surface area contributed by atoms with Crippen molar-refractivity contribution in [1.82, 2.24) is 14.8 Å². The second-order valence-electron chi connectivity index (χ2n) is 5.99. The molecule has 0 bridgehead atoms. The Morgan fingerprint density at radius 3 is 3.16 bits per heavy atom. The van der Waals surface area contributed by atoms with E-state index in [9.17, 15) is 4.79 Å². The average Bonchev–Trinajstić information content (AvgIpc) is 3.11. The number of aromatic amines is 1. The lowest BCUT2D eigenvalue weighted by atomic mass is 9.79. The van der Waals surface area contributed by atoms with Gasteiger partial charge in [-0.05, 0) is 65.8 Å². The van der Waals surface area contributed by atoms with E-state index in [2.05, 4.69) is 20.9 Å². The molecule has 4 rings (SSSR count). The number of likely N-dealkylation sites (N-methyl/N-ethyl adjacent to an activating group) is 1. The summed E-state index contributed by atoms with van der Waals surface area (Å²) >= 11 is 3.39. The van der Waals surface area contributed by atoms with Crippen molar-refractivity contribution in [2.45, 2.75) is 26.2 Å². The Hall–Kier alpha value is -1.59. The molecule has 132 valence electrons. The quantitative estimate of drug-likeness (QED) is 0.828. The summed E-state index contributed by atoms with van der Waals surface area (Å²) in [5, 5.41) is 0.501. The van der Waals surface area contributed by atoms with E-state index in [0.717, 1.165) is 4.90 Å². The summed E-state index contributed by atoms with van der Waals surface area (Å²) in [5.74, 6) is -3.24. The van der Waals surface area contributed by atoms with Gasteiger partial charge in [-0.15, -0.1) is 0 Å². The Bertz CT molecular complexity index is 1380. The maximum atomic E-state index is 13.9. The van der Waals surface area contributed by atoms with E-state index in [1.807, 2.05) is 0 Å². The SMILES string of the molecule is [2H]c1cc2c3c(c(Br)[nH]c3c1[2H])C[C@@H]1C2=C[C@@H](C(=O)N(C([2H])([2H])C([2H])([2H])[2H])C([2H])([2H])C([2H])([2H])[2H])CN1C([2H])([2H])[2H]. The standard InChI is InChI=1S/C20H24BrN3O/c1-4-24(5-2)20(25)12-9-14-13-7-6-8-16-18(13)15(19(21)22-16)10-17(14)23(3)11-12/h6-9,12,17,22H,4-5,10-11H2,1-3H3/t12-,17-/m1/s1/i1D3,2D3,3D3,4D2,5D2,6D,8D. The lowest BCUT2D eigenvalue weighted by Gasteiger charge is -2.40. The van der Waals surface area contributed by atoms with E-state index < -0.39 is 63.0 Å². The number of benzene rings is 1. The fraction of sp³-hybridized carbons (Fsp3) is 0.450. The van der Waals surface area contributed by atoms with Gasteiger partial charge in [0, 0.05) is 54.3 Å². The molecule has 0 fully saturated rings.